The van der Waals surface area contributed by atoms with Gasteiger partial charge in [-0.2, -0.15) is 0 Å². The highest BCUT2D eigenvalue weighted by molar-refractivity contribution is 7.99. The highest BCUT2D eigenvalue weighted by Crippen LogP contribution is 2.27. The van der Waals surface area contributed by atoms with Gasteiger partial charge in [-0.15, -0.1) is 11.8 Å². The van der Waals surface area contributed by atoms with Crippen LogP contribution in [0.5, 0.6) is 0 Å². The highest BCUT2D eigenvalue weighted by atomic mass is 32.2. The molecule has 0 amide bonds. The topological polar surface area (TPSA) is 23.5 Å². The molecule has 0 saturated carbocycles. The van der Waals surface area contributed by atoms with Crippen LogP contribution in [0.1, 0.15) is 50.3 Å². The Morgan fingerprint density at radius 2 is 1.90 bits per heavy atom. The van der Waals surface area contributed by atoms with Gasteiger partial charge in [0.25, 0.3) is 0 Å². The van der Waals surface area contributed by atoms with Crippen LogP contribution in [0.25, 0.3) is 0 Å². The van der Waals surface area contributed by atoms with Gasteiger partial charge in [0.05, 0.1) is 6.10 Å². The van der Waals surface area contributed by atoms with E-state index < -0.39 is 0 Å². The Hall–Kier alpha value is -0.510. The average molecular weight is 308 g/mol. The molecule has 1 saturated heterocycles. The van der Waals surface area contributed by atoms with Gasteiger partial charge in [-0.3, -0.25) is 0 Å². The third-order valence-electron chi connectivity index (χ3n) is 4.04. The molecule has 1 unspecified atom stereocenters. The monoisotopic (exact) mass is 307 g/mol. The molecule has 0 bridgehead atoms. The summed E-state index contributed by atoms with van der Waals surface area (Å²) in [6.07, 6.45) is 3.53. The van der Waals surface area contributed by atoms with Crippen molar-refractivity contribution in [1.82, 2.24) is 4.90 Å². The molecule has 0 aromatic heterocycles. The summed E-state index contributed by atoms with van der Waals surface area (Å²) >= 11 is 1.92. The molecule has 0 spiro atoms. The Bertz CT molecular complexity index is 441. The number of likely N-dealkylation sites (tertiary alicyclic amines) is 1. The van der Waals surface area contributed by atoms with E-state index in [9.17, 15) is 5.11 Å². The standard InChI is InChI=1S/C18H29NOS/c1-14(2)13-21-18-8-7-16(11-15(18)3)17(20)12-19-9-5-4-6-10-19/h7-8,11,14,17,20H,4-6,9-10,12-13H2,1-3H3. The fraction of sp³-hybridized carbons (Fsp3) is 0.667. The molecule has 1 aliphatic heterocycles. The maximum Gasteiger partial charge on any atom is 0.0917 e. The summed E-state index contributed by atoms with van der Waals surface area (Å²) in [5.41, 5.74) is 2.35. The summed E-state index contributed by atoms with van der Waals surface area (Å²) < 4.78 is 0. The van der Waals surface area contributed by atoms with Gasteiger partial charge in [-0.25, -0.2) is 0 Å². The molecule has 21 heavy (non-hydrogen) atoms. The molecule has 0 aliphatic carbocycles. The molecule has 1 aromatic carbocycles. The van der Waals surface area contributed by atoms with Crippen molar-refractivity contribution < 1.29 is 5.11 Å². The Kier molecular flexibility index (Phi) is 6.59. The van der Waals surface area contributed by atoms with Crippen molar-refractivity contribution in [1.29, 1.82) is 0 Å². The number of hydrogen-bond acceptors (Lipinski definition) is 3. The van der Waals surface area contributed by atoms with Crippen LogP contribution in [0.15, 0.2) is 23.1 Å². The second kappa shape index (κ2) is 8.21. The summed E-state index contributed by atoms with van der Waals surface area (Å²) in [7, 11) is 0. The molecule has 1 aliphatic rings. The maximum absolute atomic E-state index is 10.5. The van der Waals surface area contributed by atoms with E-state index >= 15 is 0 Å². The average Bonchev–Trinajstić information content (AvgIpc) is 2.46. The van der Waals surface area contributed by atoms with Crippen molar-refractivity contribution in [3.8, 4) is 0 Å². The fourth-order valence-electron chi connectivity index (χ4n) is 2.79. The van der Waals surface area contributed by atoms with Crippen LogP contribution in [0.2, 0.25) is 0 Å². The van der Waals surface area contributed by atoms with Crippen LogP contribution in [0.3, 0.4) is 0 Å². The Morgan fingerprint density at radius 1 is 1.19 bits per heavy atom. The molecular formula is C18H29NOS. The smallest absolute Gasteiger partial charge is 0.0917 e. The first-order chi connectivity index (χ1) is 10.1. The molecule has 2 rings (SSSR count). The molecule has 1 fully saturated rings. The van der Waals surface area contributed by atoms with Gasteiger partial charge in [-0.1, -0.05) is 32.4 Å². The van der Waals surface area contributed by atoms with Crippen molar-refractivity contribution in [3.63, 3.8) is 0 Å². The first-order valence-corrected chi connectivity index (χ1v) is 9.18. The number of thioether (sulfide) groups is 1. The van der Waals surface area contributed by atoms with Crippen molar-refractivity contribution in [2.45, 2.75) is 51.0 Å². The number of benzene rings is 1. The van der Waals surface area contributed by atoms with Gasteiger partial charge in [0.15, 0.2) is 0 Å². The van der Waals surface area contributed by atoms with Crippen LogP contribution in [-0.2, 0) is 0 Å². The lowest BCUT2D eigenvalue weighted by Gasteiger charge is -2.28. The molecule has 1 heterocycles. The normalized spacial score (nSPS) is 18.1. The van der Waals surface area contributed by atoms with Gasteiger partial charge in [0, 0.05) is 17.2 Å². The molecule has 2 nitrogen and oxygen atoms in total. The molecule has 118 valence electrons. The molecule has 3 heteroatoms. The summed E-state index contributed by atoms with van der Waals surface area (Å²) in [6.45, 7) is 9.70. The Morgan fingerprint density at radius 3 is 2.52 bits per heavy atom. The van der Waals surface area contributed by atoms with Crippen molar-refractivity contribution in [2.75, 3.05) is 25.4 Å². The Balaban J connectivity index is 1.94. The molecule has 1 atom stereocenters. The first-order valence-electron chi connectivity index (χ1n) is 8.20. The predicted molar refractivity (Wildman–Crippen MR) is 92.0 cm³/mol. The summed E-state index contributed by atoms with van der Waals surface area (Å²) in [6, 6.07) is 6.44. The van der Waals surface area contributed by atoms with E-state index in [0.717, 1.165) is 31.0 Å². The molecule has 1 N–H and O–H groups in total. The molecule has 1 aromatic rings. The largest absolute Gasteiger partial charge is 0.387 e. The van der Waals surface area contributed by atoms with Gasteiger partial charge in [-0.05, 0) is 56.0 Å². The van der Waals surface area contributed by atoms with E-state index in [4.69, 9.17) is 0 Å². The number of rotatable bonds is 6. The zero-order valence-corrected chi connectivity index (χ0v) is 14.5. The third-order valence-corrected chi connectivity index (χ3v) is 5.64. The van der Waals surface area contributed by atoms with Crippen molar-refractivity contribution >= 4 is 11.8 Å². The first kappa shape index (κ1) is 16.9. The van der Waals surface area contributed by atoms with E-state index in [0.29, 0.717) is 5.92 Å². The highest BCUT2D eigenvalue weighted by Gasteiger charge is 2.16. The van der Waals surface area contributed by atoms with E-state index in [1.165, 1.54) is 29.7 Å². The van der Waals surface area contributed by atoms with Crippen LogP contribution in [0.4, 0.5) is 0 Å². The number of aliphatic hydroxyl groups excluding tert-OH is 1. The third kappa shape index (κ3) is 5.32. The predicted octanol–water partition coefficient (Wildman–Crippen LogP) is 4.26. The number of nitrogens with zero attached hydrogens (tertiary/aromatic N) is 1. The zero-order valence-electron chi connectivity index (χ0n) is 13.6. The van der Waals surface area contributed by atoms with Crippen molar-refractivity contribution in [2.24, 2.45) is 5.92 Å². The fourth-order valence-corrected chi connectivity index (χ4v) is 3.75. The number of β-amino-alcohol motifs (C(OH)–C–C–N with tert-alkyl or cyclic N) is 1. The number of hydrogen-bond donors (Lipinski definition) is 1. The van der Waals surface area contributed by atoms with Crippen LogP contribution in [0, 0.1) is 12.8 Å². The van der Waals surface area contributed by atoms with E-state index in [1.54, 1.807) is 0 Å². The van der Waals surface area contributed by atoms with Gasteiger partial charge >= 0.3 is 0 Å². The van der Waals surface area contributed by atoms with Gasteiger partial charge in [0.1, 0.15) is 0 Å². The quantitative estimate of drug-likeness (QED) is 0.794. The van der Waals surface area contributed by atoms with E-state index in [1.807, 2.05) is 11.8 Å². The SMILES string of the molecule is Cc1cc(C(O)CN2CCCCC2)ccc1SCC(C)C. The van der Waals surface area contributed by atoms with Gasteiger partial charge < -0.3 is 10.0 Å². The minimum atomic E-state index is -0.356. The molecule has 0 radical (unpaired) electrons. The summed E-state index contributed by atoms with van der Waals surface area (Å²) in [5, 5.41) is 10.5. The summed E-state index contributed by atoms with van der Waals surface area (Å²) in [5.74, 6) is 1.86. The lowest BCUT2D eigenvalue weighted by atomic mass is 10.0. The minimum Gasteiger partial charge on any atom is -0.387 e. The lowest BCUT2D eigenvalue weighted by Crippen LogP contribution is -2.33. The number of aliphatic hydroxyl groups is 1. The van der Waals surface area contributed by atoms with E-state index in [-0.39, 0.29) is 6.10 Å². The van der Waals surface area contributed by atoms with Crippen LogP contribution in [-0.4, -0.2) is 35.4 Å². The number of aryl methyl sites for hydroxylation is 1. The van der Waals surface area contributed by atoms with Crippen LogP contribution >= 0.6 is 11.8 Å². The molecular weight excluding hydrogens is 278 g/mol. The van der Waals surface area contributed by atoms with Crippen LogP contribution < -0.4 is 0 Å². The maximum atomic E-state index is 10.5. The second-order valence-electron chi connectivity index (χ2n) is 6.61. The van der Waals surface area contributed by atoms with E-state index in [2.05, 4.69) is 43.9 Å². The lowest BCUT2D eigenvalue weighted by molar-refractivity contribution is 0.101. The number of piperidine rings is 1. The zero-order chi connectivity index (χ0) is 15.2. The Labute approximate surface area is 133 Å². The van der Waals surface area contributed by atoms with Crippen molar-refractivity contribution in [3.05, 3.63) is 29.3 Å². The minimum absolute atomic E-state index is 0.356. The summed E-state index contributed by atoms with van der Waals surface area (Å²) in [4.78, 5) is 3.74. The second-order valence-corrected chi connectivity index (χ2v) is 7.67. The van der Waals surface area contributed by atoms with Gasteiger partial charge in [0.2, 0.25) is 0 Å².